The Morgan fingerprint density at radius 3 is 2.00 bits per heavy atom. The summed E-state index contributed by atoms with van der Waals surface area (Å²) in [5.74, 6) is -1.80. The van der Waals surface area contributed by atoms with Crippen LogP contribution in [-0.2, 0) is 14.3 Å². The molecule has 2 atom stereocenters. The van der Waals surface area contributed by atoms with Crippen LogP contribution in [0.2, 0.25) is 0 Å². The van der Waals surface area contributed by atoms with Gasteiger partial charge in [0.15, 0.2) is 0 Å². The van der Waals surface area contributed by atoms with Crippen LogP contribution in [-0.4, -0.2) is 41.8 Å². The molecule has 3 rings (SSSR count). The summed E-state index contributed by atoms with van der Waals surface area (Å²) in [7, 11) is 0. The smallest absolute Gasteiger partial charge is 0.407 e. The number of carboxylic acids is 1. The number of rotatable bonds is 8. The summed E-state index contributed by atoms with van der Waals surface area (Å²) >= 11 is 0. The zero-order valence-corrected chi connectivity index (χ0v) is 20.9. The lowest BCUT2D eigenvalue weighted by atomic mass is 9.86. The first-order valence-electron chi connectivity index (χ1n) is 11.8. The van der Waals surface area contributed by atoms with Gasteiger partial charge in [0.1, 0.15) is 18.7 Å². The zero-order chi connectivity index (χ0) is 25.8. The molecule has 0 aliphatic heterocycles. The van der Waals surface area contributed by atoms with Gasteiger partial charge in [-0.25, -0.2) is 9.59 Å². The Balaban J connectivity index is 1.69. The van der Waals surface area contributed by atoms with E-state index >= 15 is 0 Å². The van der Waals surface area contributed by atoms with Crippen molar-refractivity contribution in [1.82, 2.24) is 10.6 Å². The molecule has 0 aromatic heterocycles. The van der Waals surface area contributed by atoms with E-state index in [1.807, 2.05) is 50.2 Å². The number of fused-ring (bicyclic) bond motifs is 3. The molecule has 1 aliphatic rings. The minimum atomic E-state index is -1.13. The second-order valence-corrected chi connectivity index (χ2v) is 10.2. The zero-order valence-electron chi connectivity index (χ0n) is 20.9. The van der Waals surface area contributed by atoms with Gasteiger partial charge < -0.3 is 20.5 Å². The molecule has 7 heteroatoms. The van der Waals surface area contributed by atoms with Crippen molar-refractivity contribution in [3.63, 3.8) is 0 Å². The molecular weight excluding hydrogens is 444 g/mol. The van der Waals surface area contributed by atoms with Crippen LogP contribution in [0.3, 0.4) is 0 Å². The number of carboxylic acid groups (broad SMARTS) is 1. The highest BCUT2D eigenvalue weighted by Crippen LogP contribution is 2.44. The third-order valence-corrected chi connectivity index (χ3v) is 6.11. The summed E-state index contributed by atoms with van der Waals surface area (Å²) in [6.45, 7) is 9.23. The molecule has 7 nitrogen and oxygen atoms in total. The van der Waals surface area contributed by atoms with Crippen molar-refractivity contribution in [3.8, 4) is 11.1 Å². The lowest BCUT2D eigenvalue weighted by molar-refractivity contribution is -0.142. The van der Waals surface area contributed by atoms with Crippen LogP contribution in [0, 0.1) is 5.41 Å². The number of carbonyl (C=O) groups is 3. The molecule has 2 aromatic carbocycles. The Bertz CT molecular complexity index is 1080. The maximum Gasteiger partial charge on any atom is 0.407 e. The topological polar surface area (TPSA) is 105 Å². The van der Waals surface area contributed by atoms with Crippen molar-refractivity contribution in [2.75, 3.05) is 6.61 Å². The third-order valence-electron chi connectivity index (χ3n) is 6.11. The van der Waals surface area contributed by atoms with Crippen LogP contribution in [0.25, 0.3) is 11.1 Å². The quantitative estimate of drug-likeness (QED) is 0.470. The third kappa shape index (κ3) is 6.29. The number of allylic oxidation sites excluding steroid dienone is 1. The van der Waals surface area contributed by atoms with Crippen molar-refractivity contribution in [2.45, 2.75) is 59.0 Å². The van der Waals surface area contributed by atoms with Crippen LogP contribution >= 0.6 is 0 Å². The summed E-state index contributed by atoms with van der Waals surface area (Å²) in [5.41, 5.74) is 4.72. The molecule has 0 fully saturated rings. The number of ether oxygens (including phenoxy) is 1. The normalized spacial score (nSPS) is 14.2. The highest BCUT2D eigenvalue weighted by Gasteiger charge is 2.36. The van der Waals surface area contributed by atoms with E-state index < -0.39 is 35.5 Å². The number of hydrogen-bond acceptors (Lipinski definition) is 4. The number of nitrogens with one attached hydrogen (secondary N) is 2. The molecule has 3 N–H and O–H groups in total. The van der Waals surface area contributed by atoms with Crippen molar-refractivity contribution in [2.24, 2.45) is 5.41 Å². The summed E-state index contributed by atoms with van der Waals surface area (Å²) in [4.78, 5) is 37.4. The van der Waals surface area contributed by atoms with Crippen LogP contribution in [0.1, 0.15) is 58.1 Å². The van der Waals surface area contributed by atoms with Crippen LogP contribution in [0.5, 0.6) is 0 Å². The Kier molecular flexibility index (Phi) is 7.99. The van der Waals surface area contributed by atoms with Gasteiger partial charge in [0.25, 0.3) is 0 Å². The van der Waals surface area contributed by atoms with E-state index in [-0.39, 0.29) is 18.9 Å². The molecule has 0 saturated carbocycles. The number of aliphatic carboxylic acids is 1. The van der Waals surface area contributed by atoms with E-state index in [1.165, 1.54) is 0 Å². The first-order chi connectivity index (χ1) is 16.5. The SMILES string of the molecule is CC(C)=CCC(NC(=O)[C@H](NC(=O)OCC1c2ccccc2-c2ccccc21)C(C)(C)C)C(=O)O. The lowest BCUT2D eigenvalue weighted by Gasteiger charge is -2.31. The molecule has 0 heterocycles. The van der Waals surface area contributed by atoms with E-state index in [0.717, 1.165) is 27.8 Å². The molecule has 35 heavy (non-hydrogen) atoms. The molecule has 1 aliphatic carbocycles. The highest BCUT2D eigenvalue weighted by molar-refractivity contribution is 5.90. The fourth-order valence-electron chi connectivity index (χ4n) is 4.26. The Morgan fingerprint density at radius 1 is 0.971 bits per heavy atom. The summed E-state index contributed by atoms with van der Waals surface area (Å²) in [6.07, 6.45) is 1.19. The van der Waals surface area contributed by atoms with Gasteiger partial charge in [-0.3, -0.25) is 4.79 Å². The number of amides is 2. The summed E-state index contributed by atoms with van der Waals surface area (Å²) in [6, 6.07) is 14.0. The monoisotopic (exact) mass is 478 g/mol. The fourth-order valence-corrected chi connectivity index (χ4v) is 4.26. The molecule has 0 spiro atoms. The Labute approximate surface area is 206 Å². The molecule has 2 aromatic rings. The molecular formula is C28H34N2O5. The maximum absolute atomic E-state index is 13.0. The second kappa shape index (κ2) is 10.8. The van der Waals surface area contributed by atoms with E-state index in [9.17, 15) is 19.5 Å². The molecule has 0 saturated heterocycles. The first kappa shape index (κ1) is 26.0. The second-order valence-electron chi connectivity index (χ2n) is 10.2. The number of hydrogen-bond donors (Lipinski definition) is 3. The van der Waals surface area contributed by atoms with Gasteiger partial charge in [-0.2, -0.15) is 0 Å². The van der Waals surface area contributed by atoms with Gasteiger partial charge in [0, 0.05) is 5.92 Å². The predicted molar refractivity (Wildman–Crippen MR) is 135 cm³/mol. The maximum atomic E-state index is 13.0. The fraction of sp³-hybridized carbons (Fsp3) is 0.393. The average Bonchev–Trinajstić information content (AvgIpc) is 3.11. The highest BCUT2D eigenvalue weighted by atomic mass is 16.5. The molecule has 2 amide bonds. The minimum Gasteiger partial charge on any atom is -0.480 e. The molecule has 0 bridgehead atoms. The van der Waals surface area contributed by atoms with Crippen LogP contribution in [0.4, 0.5) is 4.79 Å². The average molecular weight is 479 g/mol. The van der Waals surface area contributed by atoms with Crippen molar-refractivity contribution in [3.05, 3.63) is 71.3 Å². The summed E-state index contributed by atoms with van der Waals surface area (Å²) < 4.78 is 5.59. The van der Waals surface area contributed by atoms with E-state index in [2.05, 4.69) is 22.8 Å². The number of carbonyl (C=O) groups excluding carboxylic acids is 2. The van der Waals surface area contributed by atoms with Gasteiger partial charge in [-0.15, -0.1) is 0 Å². The predicted octanol–water partition coefficient (Wildman–Crippen LogP) is 4.87. The molecule has 186 valence electrons. The van der Waals surface area contributed by atoms with Crippen molar-refractivity contribution < 1.29 is 24.2 Å². The van der Waals surface area contributed by atoms with Crippen molar-refractivity contribution in [1.29, 1.82) is 0 Å². The molecule has 1 unspecified atom stereocenters. The Hall–Kier alpha value is -3.61. The first-order valence-corrected chi connectivity index (χ1v) is 11.8. The largest absolute Gasteiger partial charge is 0.480 e. The number of benzene rings is 2. The minimum absolute atomic E-state index is 0.101. The van der Waals surface area contributed by atoms with Gasteiger partial charge in [-0.1, -0.05) is 81.0 Å². The van der Waals surface area contributed by atoms with E-state index in [0.29, 0.717) is 0 Å². The Morgan fingerprint density at radius 2 is 1.51 bits per heavy atom. The number of alkyl carbamates (subject to hydrolysis) is 1. The van der Waals surface area contributed by atoms with Gasteiger partial charge >= 0.3 is 12.1 Å². The lowest BCUT2D eigenvalue weighted by Crippen LogP contribution is -2.56. The van der Waals surface area contributed by atoms with E-state index in [1.54, 1.807) is 26.8 Å². The standard InChI is InChI=1S/C28H34N2O5/c1-17(2)14-15-23(26(32)33)29-25(31)24(28(3,4)5)30-27(34)35-16-22-20-12-8-6-10-18(20)19-11-7-9-13-21(19)22/h6-14,22-24H,15-16H2,1-5H3,(H,29,31)(H,30,34)(H,32,33)/t23?,24-/m0/s1. The van der Waals surface area contributed by atoms with Gasteiger partial charge in [-0.05, 0) is 47.9 Å². The molecule has 0 radical (unpaired) electrons. The summed E-state index contributed by atoms with van der Waals surface area (Å²) in [5, 5.41) is 14.7. The van der Waals surface area contributed by atoms with Crippen LogP contribution in [0.15, 0.2) is 60.2 Å². The van der Waals surface area contributed by atoms with Crippen molar-refractivity contribution >= 4 is 18.0 Å². The van der Waals surface area contributed by atoms with Gasteiger partial charge in [0.2, 0.25) is 5.91 Å². The van der Waals surface area contributed by atoms with E-state index in [4.69, 9.17) is 4.74 Å². The van der Waals surface area contributed by atoms with Gasteiger partial charge in [0.05, 0.1) is 0 Å². The van der Waals surface area contributed by atoms with Crippen LogP contribution < -0.4 is 10.6 Å².